The first-order valence-electron chi connectivity index (χ1n) is 13.5. The Kier molecular flexibility index (Phi) is 5.98. The van der Waals surface area contributed by atoms with Gasteiger partial charge in [0.2, 0.25) is 5.91 Å². The van der Waals surface area contributed by atoms with Crippen molar-refractivity contribution in [2.75, 3.05) is 11.9 Å². The van der Waals surface area contributed by atoms with Gasteiger partial charge in [0.1, 0.15) is 23.8 Å². The van der Waals surface area contributed by atoms with Crippen LogP contribution in [0.25, 0.3) is 6.08 Å². The van der Waals surface area contributed by atoms with Crippen molar-refractivity contribution >= 4 is 40.6 Å². The molecule has 3 aliphatic heterocycles. The number of hydrogen-bond donors (Lipinski definition) is 1. The molecule has 7 rings (SSSR count). The molecule has 41 heavy (non-hydrogen) atoms. The summed E-state index contributed by atoms with van der Waals surface area (Å²) >= 11 is 1.34. The summed E-state index contributed by atoms with van der Waals surface area (Å²) in [4.78, 5) is 46.1. The quantitative estimate of drug-likeness (QED) is 0.213. The van der Waals surface area contributed by atoms with Crippen LogP contribution in [0.2, 0.25) is 0 Å². The molecule has 1 amide bonds. The van der Waals surface area contributed by atoms with Gasteiger partial charge in [-0.3, -0.25) is 14.4 Å². The zero-order valence-corrected chi connectivity index (χ0v) is 22.8. The topological polar surface area (TPSA) is 75.7 Å². The zero-order chi connectivity index (χ0) is 28.1. The molecular formula is C34H26N2O4S. The average molecular weight is 559 g/mol. The van der Waals surface area contributed by atoms with Crippen LogP contribution in [0.4, 0.5) is 5.69 Å². The fourth-order valence-corrected chi connectivity index (χ4v) is 7.48. The van der Waals surface area contributed by atoms with Crippen molar-refractivity contribution in [3.05, 3.63) is 136 Å². The second kappa shape index (κ2) is 9.71. The van der Waals surface area contributed by atoms with Gasteiger partial charge in [0.05, 0.1) is 16.8 Å². The van der Waals surface area contributed by atoms with E-state index in [1.807, 2.05) is 77.2 Å². The molecule has 4 atom stereocenters. The first-order valence-corrected chi connectivity index (χ1v) is 14.3. The van der Waals surface area contributed by atoms with Crippen LogP contribution in [0, 0.1) is 5.92 Å². The van der Waals surface area contributed by atoms with Gasteiger partial charge < -0.3 is 15.0 Å². The molecule has 6 nitrogen and oxygen atoms in total. The van der Waals surface area contributed by atoms with E-state index in [2.05, 4.69) is 11.9 Å². The number of fused-ring (bicyclic) bond motifs is 6. The Balaban J connectivity index is 1.48. The maximum absolute atomic E-state index is 14.8. The largest absolute Gasteiger partial charge is 0.490 e. The van der Waals surface area contributed by atoms with Gasteiger partial charge in [0.25, 0.3) is 0 Å². The molecule has 0 saturated carbocycles. The summed E-state index contributed by atoms with van der Waals surface area (Å²) < 4.78 is 5.63. The molecule has 3 aromatic carbocycles. The minimum atomic E-state index is -1.34. The third kappa shape index (κ3) is 3.66. The van der Waals surface area contributed by atoms with Gasteiger partial charge in [0.15, 0.2) is 11.6 Å². The van der Waals surface area contributed by atoms with Crippen molar-refractivity contribution in [2.45, 2.75) is 17.5 Å². The smallest absolute Gasteiger partial charge is 0.238 e. The highest BCUT2D eigenvalue weighted by Crippen LogP contribution is 2.62. The summed E-state index contributed by atoms with van der Waals surface area (Å²) in [5, 5.41) is 4.93. The number of nitrogens with zero attached hydrogens (tertiary/aromatic N) is 1. The molecule has 3 aliphatic rings. The average Bonchev–Trinajstić information content (AvgIpc) is 3.72. The van der Waals surface area contributed by atoms with Gasteiger partial charge in [-0.15, -0.1) is 11.3 Å². The van der Waals surface area contributed by atoms with Crippen LogP contribution < -0.4 is 10.1 Å². The van der Waals surface area contributed by atoms with Gasteiger partial charge in [0, 0.05) is 17.5 Å². The van der Waals surface area contributed by atoms with Gasteiger partial charge in [-0.25, -0.2) is 0 Å². The van der Waals surface area contributed by atoms with E-state index in [0.717, 1.165) is 16.7 Å². The van der Waals surface area contributed by atoms with E-state index < -0.39 is 23.4 Å². The number of benzene rings is 3. The van der Waals surface area contributed by atoms with Crippen LogP contribution in [-0.2, 0) is 10.2 Å². The Labute approximate surface area is 241 Å². The van der Waals surface area contributed by atoms with Crippen LogP contribution >= 0.6 is 11.3 Å². The molecule has 1 spiro atoms. The first-order chi connectivity index (χ1) is 20.1. The van der Waals surface area contributed by atoms with E-state index in [0.29, 0.717) is 28.5 Å². The Morgan fingerprint density at radius 2 is 1.76 bits per heavy atom. The Hall–Kier alpha value is -4.75. The van der Waals surface area contributed by atoms with Crippen LogP contribution in [0.15, 0.2) is 109 Å². The third-order valence-electron chi connectivity index (χ3n) is 8.39. The number of rotatable bonds is 7. The van der Waals surface area contributed by atoms with Crippen molar-refractivity contribution in [3.8, 4) is 5.75 Å². The van der Waals surface area contributed by atoms with E-state index in [-0.39, 0.29) is 17.5 Å². The third-order valence-corrected chi connectivity index (χ3v) is 9.28. The Morgan fingerprint density at radius 1 is 0.976 bits per heavy atom. The molecule has 4 heterocycles. The van der Waals surface area contributed by atoms with Crippen LogP contribution in [-0.4, -0.2) is 35.0 Å². The van der Waals surface area contributed by atoms with E-state index >= 15 is 0 Å². The normalized spacial score (nSPS) is 23.5. The zero-order valence-electron chi connectivity index (χ0n) is 22.0. The number of anilines is 1. The molecular weight excluding hydrogens is 532 g/mol. The summed E-state index contributed by atoms with van der Waals surface area (Å²) in [5.41, 5.74) is 2.34. The maximum atomic E-state index is 14.8. The molecule has 202 valence electrons. The van der Waals surface area contributed by atoms with Crippen LogP contribution in [0.5, 0.6) is 5.75 Å². The fourth-order valence-electron chi connectivity index (χ4n) is 6.78. The lowest BCUT2D eigenvalue weighted by Crippen LogP contribution is -2.49. The van der Waals surface area contributed by atoms with E-state index in [4.69, 9.17) is 4.74 Å². The first kappa shape index (κ1) is 25.2. The van der Waals surface area contributed by atoms with Gasteiger partial charge in [-0.1, -0.05) is 61.2 Å². The predicted octanol–water partition coefficient (Wildman–Crippen LogP) is 6.29. The lowest BCUT2D eigenvalue weighted by atomic mass is 9.63. The summed E-state index contributed by atoms with van der Waals surface area (Å²) in [7, 11) is 0. The molecule has 1 fully saturated rings. The van der Waals surface area contributed by atoms with Crippen molar-refractivity contribution in [1.82, 2.24) is 4.90 Å². The van der Waals surface area contributed by atoms with E-state index in [9.17, 15) is 14.4 Å². The molecule has 7 heteroatoms. The minimum Gasteiger partial charge on any atom is -0.490 e. The van der Waals surface area contributed by atoms with Crippen LogP contribution in [0.1, 0.15) is 42.8 Å². The molecule has 1 N–H and O–H groups in total. The van der Waals surface area contributed by atoms with Crippen LogP contribution in [0.3, 0.4) is 0 Å². The number of nitrogens with one attached hydrogen (secondary N) is 1. The number of thiophene rings is 1. The number of hydrogen-bond acceptors (Lipinski definition) is 6. The highest BCUT2D eigenvalue weighted by atomic mass is 32.1. The van der Waals surface area contributed by atoms with Gasteiger partial charge in [-0.05, 0) is 64.5 Å². The number of ketones is 2. The highest BCUT2D eigenvalue weighted by Gasteiger charge is 2.70. The lowest BCUT2D eigenvalue weighted by Gasteiger charge is -2.38. The van der Waals surface area contributed by atoms with E-state index in [1.165, 1.54) is 11.3 Å². The molecule has 0 radical (unpaired) electrons. The molecule has 1 aromatic heterocycles. The molecule has 4 aromatic rings. The number of amides is 1. The summed E-state index contributed by atoms with van der Waals surface area (Å²) in [6.07, 6.45) is 5.50. The van der Waals surface area contributed by atoms with Gasteiger partial charge in [-0.2, -0.15) is 0 Å². The van der Waals surface area contributed by atoms with Crippen molar-refractivity contribution in [3.63, 3.8) is 0 Å². The maximum Gasteiger partial charge on any atom is 0.238 e. The minimum absolute atomic E-state index is 0.174. The SMILES string of the molecule is C=CCOc1ccc(C(=O)[C@@H]2[C@H](C(=O)c3cccs3)N3C=Cc4ccccc4[C@H]3[C@]23C(=O)Nc2ccccc23)cc1. The fraction of sp³-hybridized carbons (Fsp3) is 0.147. The summed E-state index contributed by atoms with van der Waals surface area (Å²) in [6, 6.07) is 24.5. The number of para-hydroxylation sites is 1. The lowest BCUT2D eigenvalue weighted by molar-refractivity contribution is -0.122. The second-order valence-electron chi connectivity index (χ2n) is 10.4. The molecule has 1 saturated heterocycles. The van der Waals surface area contributed by atoms with E-state index in [1.54, 1.807) is 36.4 Å². The standard InChI is InChI=1S/C34H26N2O4S/c1-2-19-40-23-15-13-22(14-16-23)30(37)28-29(31(38)27-12-7-20-41-27)36-18-17-21-8-3-4-9-24(21)32(36)34(28)25-10-5-6-11-26(25)35-33(34)39/h2-18,20,28-29,32H,1,19H2,(H,35,39)/t28-,29+,32-,34+/m0/s1. The number of carbonyl (C=O) groups is 3. The molecule has 0 bridgehead atoms. The Morgan fingerprint density at radius 3 is 2.54 bits per heavy atom. The van der Waals surface area contributed by atoms with Crippen molar-refractivity contribution < 1.29 is 19.1 Å². The Bertz CT molecular complexity index is 1730. The van der Waals surface area contributed by atoms with Gasteiger partial charge >= 0.3 is 0 Å². The highest BCUT2D eigenvalue weighted by molar-refractivity contribution is 7.12. The molecule has 0 unspecified atom stereocenters. The number of Topliss-reactive ketones (excluding diaryl/α,β-unsaturated/α-hetero) is 2. The predicted molar refractivity (Wildman–Crippen MR) is 159 cm³/mol. The number of ether oxygens (including phenoxy) is 1. The van der Waals surface area contributed by atoms with Crippen molar-refractivity contribution in [1.29, 1.82) is 0 Å². The summed E-state index contributed by atoms with van der Waals surface area (Å²) in [6.45, 7) is 4.02. The monoisotopic (exact) mass is 558 g/mol. The number of carbonyl (C=O) groups excluding carboxylic acids is 3. The summed E-state index contributed by atoms with van der Waals surface area (Å²) in [5.74, 6) is -1.10. The molecule has 0 aliphatic carbocycles. The second-order valence-corrected chi connectivity index (χ2v) is 11.4. The van der Waals surface area contributed by atoms with Crippen molar-refractivity contribution in [2.24, 2.45) is 5.92 Å².